The Labute approximate surface area is 107 Å². The van der Waals surface area contributed by atoms with Gasteiger partial charge in [0.2, 0.25) is 5.78 Å². The molecule has 2 nitrogen and oxygen atoms in total. The van der Waals surface area contributed by atoms with E-state index in [0.717, 1.165) is 0 Å². The van der Waals surface area contributed by atoms with Crippen molar-refractivity contribution >= 4 is 11.9 Å². The van der Waals surface area contributed by atoms with Crippen LogP contribution in [0.25, 0.3) is 6.08 Å². The molecule has 1 aliphatic rings. The van der Waals surface area contributed by atoms with E-state index in [2.05, 4.69) is 6.58 Å². The Balaban J connectivity index is 0.000000138. The van der Waals surface area contributed by atoms with E-state index in [0.29, 0.717) is 11.3 Å². The highest BCUT2D eigenvalue weighted by Crippen LogP contribution is 2.23. The Morgan fingerprint density at radius 3 is 2.28 bits per heavy atom. The van der Waals surface area contributed by atoms with Crippen LogP contribution in [0.5, 0.6) is 5.75 Å². The van der Waals surface area contributed by atoms with Crippen molar-refractivity contribution in [3.05, 3.63) is 72.3 Å². The molecule has 0 saturated carbocycles. The van der Waals surface area contributed by atoms with Crippen molar-refractivity contribution in [1.82, 2.24) is 0 Å². The van der Waals surface area contributed by atoms with Crippen molar-refractivity contribution in [3.8, 4) is 5.75 Å². The molecule has 0 bridgehead atoms. The van der Waals surface area contributed by atoms with Crippen LogP contribution in [0.2, 0.25) is 0 Å². The summed E-state index contributed by atoms with van der Waals surface area (Å²) < 4.78 is 5.06. The molecule has 0 N–H and O–H groups in total. The number of carbonyl (C=O) groups is 1. The molecule has 2 aromatic carbocycles. The van der Waals surface area contributed by atoms with Crippen molar-refractivity contribution in [1.29, 1.82) is 0 Å². The van der Waals surface area contributed by atoms with Crippen LogP contribution < -0.4 is 4.74 Å². The van der Waals surface area contributed by atoms with Crippen molar-refractivity contribution < 1.29 is 9.53 Å². The number of para-hydroxylation sites is 1. The fourth-order valence-electron chi connectivity index (χ4n) is 1.63. The average Bonchev–Trinajstić information content (AvgIpc) is 2.83. The second-order valence-electron chi connectivity index (χ2n) is 3.82. The van der Waals surface area contributed by atoms with Crippen LogP contribution in [0.3, 0.4) is 0 Å². The van der Waals surface area contributed by atoms with Crippen LogP contribution in [0.15, 0.2) is 61.2 Å². The van der Waals surface area contributed by atoms with E-state index < -0.39 is 0 Å². The van der Waals surface area contributed by atoms with E-state index in [-0.39, 0.29) is 12.4 Å². The summed E-state index contributed by atoms with van der Waals surface area (Å²) in [7, 11) is 0. The zero-order chi connectivity index (χ0) is 12.8. The highest BCUT2D eigenvalue weighted by molar-refractivity contribution is 6.02. The second-order valence-corrected chi connectivity index (χ2v) is 3.82. The molecule has 0 aromatic heterocycles. The number of rotatable bonds is 1. The summed E-state index contributed by atoms with van der Waals surface area (Å²) in [6.07, 6.45) is 1.83. The van der Waals surface area contributed by atoms with Crippen LogP contribution in [0.4, 0.5) is 0 Å². The summed E-state index contributed by atoms with van der Waals surface area (Å²) in [5, 5.41) is 0. The lowest BCUT2D eigenvalue weighted by molar-refractivity contribution is 0.0961. The predicted molar refractivity (Wildman–Crippen MR) is 72.8 cm³/mol. The third-order valence-electron chi connectivity index (χ3n) is 2.58. The minimum atomic E-state index is 0.0793. The molecule has 0 aliphatic carbocycles. The molecule has 90 valence electrons. The van der Waals surface area contributed by atoms with Gasteiger partial charge in [-0.2, -0.15) is 0 Å². The Kier molecular flexibility index (Phi) is 3.92. The average molecular weight is 238 g/mol. The van der Waals surface area contributed by atoms with E-state index in [4.69, 9.17) is 4.74 Å². The van der Waals surface area contributed by atoms with Gasteiger partial charge in [0.05, 0.1) is 5.56 Å². The van der Waals surface area contributed by atoms with Crippen LogP contribution in [0.1, 0.15) is 15.9 Å². The highest BCUT2D eigenvalue weighted by Gasteiger charge is 2.18. The molecule has 0 atom stereocenters. The maximum Gasteiger partial charge on any atom is 0.203 e. The molecule has 0 radical (unpaired) electrons. The fourth-order valence-corrected chi connectivity index (χ4v) is 1.63. The molecule has 2 heteroatoms. The third kappa shape index (κ3) is 2.86. The van der Waals surface area contributed by atoms with Crippen LogP contribution in [0, 0.1) is 0 Å². The minimum Gasteiger partial charge on any atom is -0.485 e. The normalized spacial score (nSPS) is 11.9. The zero-order valence-corrected chi connectivity index (χ0v) is 10.0. The maximum atomic E-state index is 10.9. The molecule has 0 saturated heterocycles. The predicted octanol–water partition coefficient (Wildman–Crippen LogP) is 3.59. The molecule has 1 heterocycles. The maximum absolute atomic E-state index is 10.9. The zero-order valence-electron chi connectivity index (χ0n) is 10.0. The number of carbonyl (C=O) groups excluding carboxylic acids is 1. The number of benzene rings is 2. The van der Waals surface area contributed by atoms with Gasteiger partial charge in [0, 0.05) is 0 Å². The summed E-state index contributed by atoms with van der Waals surface area (Å²) in [5.41, 5.74) is 1.88. The lowest BCUT2D eigenvalue weighted by atomic mass is 10.2. The SMILES string of the molecule is C=Cc1ccccc1.O=C1COc2ccccc21. The van der Waals surface area contributed by atoms with E-state index in [9.17, 15) is 4.79 Å². The molecule has 2 aromatic rings. The molecule has 0 fully saturated rings. The van der Waals surface area contributed by atoms with Gasteiger partial charge in [0.25, 0.3) is 0 Å². The molecule has 0 amide bonds. The Morgan fingerprint density at radius 2 is 1.67 bits per heavy atom. The Hall–Kier alpha value is -2.35. The quantitative estimate of drug-likeness (QED) is 0.759. The van der Waals surface area contributed by atoms with Crippen LogP contribution in [-0.2, 0) is 0 Å². The van der Waals surface area contributed by atoms with Gasteiger partial charge in [-0.3, -0.25) is 4.79 Å². The van der Waals surface area contributed by atoms with Gasteiger partial charge >= 0.3 is 0 Å². The van der Waals surface area contributed by atoms with E-state index >= 15 is 0 Å². The van der Waals surface area contributed by atoms with Gasteiger partial charge in [-0.15, -0.1) is 0 Å². The summed E-state index contributed by atoms with van der Waals surface area (Å²) in [4.78, 5) is 10.9. The van der Waals surface area contributed by atoms with Gasteiger partial charge in [0.1, 0.15) is 5.75 Å². The summed E-state index contributed by atoms with van der Waals surface area (Å²) in [6.45, 7) is 3.84. The topological polar surface area (TPSA) is 26.3 Å². The number of hydrogen-bond donors (Lipinski definition) is 0. The van der Waals surface area contributed by atoms with Gasteiger partial charge in [-0.05, 0) is 17.7 Å². The van der Waals surface area contributed by atoms with Gasteiger partial charge in [-0.1, -0.05) is 55.1 Å². The van der Waals surface area contributed by atoms with Crippen molar-refractivity contribution in [2.75, 3.05) is 6.61 Å². The monoisotopic (exact) mass is 238 g/mol. The molecular formula is C16H14O2. The number of fused-ring (bicyclic) bond motifs is 1. The van der Waals surface area contributed by atoms with Crippen molar-refractivity contribution in [2.24, 2.45) is 0 Å². The van der Waals surface area contributed by atoms with Gasteiger partial charge < -0.3 is 4.74 Å². The number of Topliss-reactive ketones (excluding diaryl/α,β-unsaturated/α-hetero) is 1. The van der Waals surface area contributed by atoms with Crippen LogP contribution in [-0.4, -0.2) is 12.4 Å². The smallest absolute Gasteiger partial charge is 0.203 e. The van der Waals surface area contributed by atoms with Gasteiger partial charge in [0.15, 0.2) is 6.61 Å². The first-order valence-electron chi connectivity index (χ1n) is 5.74. The van der Waals surface area contributed by atoms with E-state index in [1.54, 1.807) is 12.1 Å². The fraction of sp³-hybridized carbons (Fsp3) is 0.0625. The molecule has 0 unspecified atom stereocenters. The number of ether oxygens (including phenoxy) is 1. The minimum absolute atomic E-state index is 0.0793. The van der Waals surface area contributed by atoms with Crippen LogP contribution >= 0.6 is 0 Å². The number of ketones is 1. The second kappa shape index (κ2) is 5.82. The summed E-state index contributed by atoms with van der Waals surface area (Å²) in [6, 6.07) is 17.3. The molecule has 3 rings (SSSR count). The standard InChI is InChI=1S/C8H6O2.C8H8/c9-7-5-10-8-4-2-1-3-6(7)8;1-2-8-6-4-3-5-7-8/h1-4H,5H2;2-7H,1H2. The third-order valence-corrected chi connectivity index (χ3v) is 2.58. The Bertz CT molecular complexity index is 544. The van der Waals surface area contributed by atoms with Crippen molar-refractivity contribution in [2.45, 2.75) is 0 Å². The molecule has 1 aliphatic heterocycles. The van der Waals surface area contributed by atoms with E-state index in [1.165, 1.54) is 5.56 Å². The highest BCUT2D eigenvalue weighted by atomic mass is 16.5. The molecule has 18 heavy (non-hydrogen) atoms. The first-order valence-corrected chi connectivity index (χ1v) is 5.74. The van der Waals surface area contributed by atoms with E-state index in [1.807, 2.05) is 48.5 Å². The van der Waals surface area contributed by atoms with Gasteiger partial charge in [-0.25, -0.2) is 0 Å². The lowest BCUT2D eigenvalue weighted by Crippen LogP contribution is -1.98. The first-order chi connectivity index (χ1) is 8.81. The van der Waals surface area contributed by atoms with Crippen molar-refractivity contribution in [3.63, 3.8) is 0 Å². The first kappa shape index (κ1) is 12.1. The number of hydrogen-bond acceptors (Lipinski definition) is 2. The lowest BCUT2D eigenvalue weighted by Gasteiger charge is -1.92. The largest absolute Gasteiger partial charge is 0.485 e. The molecule has 0 spiro atoms. The molecular weight excluding hydrogens is 224 g/mol. The summed E-state index contributed by atoms with van der Waals surface area (Å²) in [5.74, 6) is 0.795. The Morgan fingerprint density at radius 1 is 1.00 bits per heavy atom. The summed E-state index contributed by atoms with van der Waals surface area (Å²) >= 11 is 0.